The summed E-state index contributed by atoms with van der Waals surface area (Å²) in [6.07, 6.45) is 9.63. The molecule has 2 N–H and O–H groups in total. The maximum absolute atomic E-state index is 10.3. The minimum absolute atomic E-state index is 0.222. The van der Waals surface area contributed by atoms with Crippen molar-refractivity contribution in [2.75, 3.05) is 0 Å². The van der Waals surface area contributed by atoms with Crippen molar-refractivity contribution in [1.82, 2.24) is 0 Å². The molecule has 0 aliphatic heterocycles. The van der Waals surface area contributed by atoms with Crippen molar-refractivity contribution in [3.8, 4) is 11.5 Å². The van der Waals surface area contributed by atoms with Crippen LogP contribution in [0.15, 0.2) is 42.5 Å². The first-order valence-electron chi connectivity index (χ1n) is 8.03. The van der Waals surface area contributed by atoms with Crippen LogP contribution in [0.25, 0.3) is 12.2 Å². The summed E-state index contributed by atoms with van der Waals surface area (Å²) < 4.78 is 0. The Kier molecular flexibility index (Phi) is 4.47. The van der Waals surface area contributed by atoms with Gasteiger partial charge >= 0.3 is 0 Å². The highest BCUT2D eigenvalue weighted by Crippen LogP contribution is 2.42. The van der Waals surface area contributed by atoms with Gasteiger partial charge in [-0.15, -0.1) is 0 Å². The van der Waals surface area contributed by atoms with E-state index in [1.165, 1.54) is 19.3 Å². The molecule has 0 radical (unpaired) electrons. The van der Waals surface area contributed by atoms with E-state index >= 15 is 0 Å². The second kappa shape index (κ2) is 6.69. The van der Waals surface area contributed by atoms with Gasteiger partial charge in [0.05, 0.1) is 0 Å². The molecule has 2 nitrogen and oxygen atoms in total. The summed E-state index contributed by atoms with van der Waals surface area (Å²) in [5, 5.41) is 20.7. The summed E-state index contributed by atoms with van der Waals surface area (Å²) >= 11 is 0. The van der Waals surface area contributed by atoms with Crippen LogP contribution in [-0.4, -0.2) is 10.2 Å². The minimum Gasteiger partial charge on any atom is -0.507 e. The molecule has 114 valence electrons. The molecule has 22 heavy (non-hydrogen) atoms. The molecule has 0 unspecified atom stereocenters. The minimum atomic E-state index is 0.222. The first-order valence-corrected chi connectivity index (χ1v) is 8.03. The Balaban J connectivity index is 1.84. The maximum atomic E-state index is 10.3. The van der Waals surface area contributed by atoms with E-state index in [2.05, 4.69) is 0 Å². The van der Waals surface area contributed by atoms with Crippen LogP contribution in [0, 0.1) is 0 Å². The third-order valence-corrected chi connectivity index (χ3v) is 4.44. The summed E-state index contributed by atoms with van der Waals surface area (Å²) in [5.74, 6) is 0.736. The van der Waals surface area contributed by atoms with Crippen molar-refractivity contribution in [1.29, 1.82) is 0 Å². The highest BCUT2D eigenvalue weighted by atomic mass is 16.3. The van der Waals surface area contributed by atoms with Crippen LogP contribution in [0.4, 0.5) is 0 Å². The largest absolute Gasteiger partial charge is 0.507 e. The van der Waals surface area contributed by atoms with Crippen molar-refractivity contribution < 1.29 is 10.2 Å². The fourth-order valence-corrected chi connectivity index (χ4v) is 3.31. The molecule has 3 rings (SSSR count). The molecule has 1 fully saturated rings. The van der Waals surface area contributed by atoms with Crippen LogP contribution in [0.2, 0.25) is 0 Å². The quantitative estimate of drug-likeness (QED) is 0.752. The zero-order valence-corrected chi connectivity index (χ0v) is 12.7. The van der Waals surface area contributed by atoms with Crippen molar-refractivity contribution in [3.05, 3.63) is 59.2 Å². The topological polar surface area (TPSA) is 40.5 Å². The van der Waals surface area contributed by atoms with E-state index in [9.17, 15) is 10.2 Å². The number of benzene rings is 2. The van der Waals surface area contributed by atoms with Crippen molar-refractivity contribution in [2.24, 2.45) is 0 Å². The van der Waals surface area contributed by atoms with E-state index in [0.717, 1.165) is 29.5 Å². The molecule has 0 heterocycles. The monoisotopic (exact) mass is 294 g/mol. The molecule has 1 aliphatic carbocycles. The smallest absolute Gasteiger partial charge is 0.123 e. The summed E-state index contributed by atoms with van der Waals surface area (Å²) in [7, 11) is 0. The van der Waals surface area contributed by atoms with Crippen LogP contribution in [0.1, 0.15) is 54.7 Å². The first kappa shape index (κ1) is 14.7. The van der Waals surface area contributed by atoms with Gasteiger partial charge in [0.25, 0.3) is 0 Å². The van der Waals surface area contributed by atoms with Crippen LogP contribution in [-0.2, 0) is 0 Å². The molecule has 0 aromatic heterocycles. The summed E-state index contributed by atoms with van der Waals surface area (Å²) in [6.45, 7) is 0. The summed E-state index contributed by atoms with van der Waals surface area (Å²) in [6, 6.07) is 13.5. The molecular weight excluding hydrogens is 272 g/mol. The lowest BCUT2D eigenvalue weighted by molar-refractivity contribution is 0.389. The number of hydrogen-bond acceptors (Lipinski definition) is 2. The molecule has 2 heteroatoms. The molecule has 2 aromatic rings. The van der Waals surface area contributed by atoms with E-state index in [1.54, 1.807) is 12.1 Å². The molecular formula is C20H22O2. The Morgan fingerprint density at radius 1 is 0.773 bits per heavy atom. The number of phenols is 2. The Morgan fingerprint density at radius 2 is 1.36 bits per heavy atom. The highest BCUT2D eigenvalue weighted by molar-refractivity contribution is 5.71. The van der Waals surface area contributed by atoms with Gasteiger partial charge in [0.2, 0.25) is 0 Å². The van der Waals surface area contributed by atoms with Gasteiger partial charge < -0.3 is 10.2 Å². The van der Waals surface area contributed by atoms with Crippen molar-refractivity contribution >= 4 is 12.2 Å². The molecule has 0 saturated heterocycles. The highest BCUT2D eigenvalue weighted by Gasteiger charge is 2.22. The molecule has 0 amide bonds. The number of aromatic hydroxyl groups is 2. The van der Waals surface area contributed by atoms with Crippen LogP contribution >= 0.6 is 0 Å². The summed E-state index contributed by atoms with van der Waals surface area (Å²) in [4.78, 5) is 0. The maximum Gasteiger partial charge on any atom is 0.123 e. The van der Waals surface area contributed by atoms with Gasteiger partial charge in [0, 0.05) is 5.56 Å². The van der Waals surface area contributed by atoms with Crippen LogP contribution in [0.3, 0.4) is 0 Å². The van der Waals surface area contributed by atoms with Gasteiger partial charge in [-0.1, -0.05) is 61.7 Å². The van der Waals surface area contributed by atoms with Gasteiger partial charge in [0.1, 0.15) is 11.5 Å². The Labute approximate surface area is 131 Å². The Hall–Kier alpha value is -2.22. The second-order valence-electron chi connectivity index (χ2n) is 6.05. The lowest BCUT2D eigenvalue weighted by atomic mass is 9.83. The number of hydrogen-bond donors (Lipinski definition) is 2. The van der Waals surface area contributed by atoms with Gasteiger partial charge in [0.15, 0.2) is 0 Å². The zero-order valence-electron chi connectivity index (χ0n) is 12.7. The Bertz CT molecular complexity index is 630. The number of phenolic OH excluding ortho intramolecular Hbond substituents is 2. The second-order valence-corrected chi connectivity index (χ2v) is 6.05. The van der Waals surface area contributed by atoms with Gasteiger partial charge in [-0.2, -0.15) is 0 Å². The average Bonchev–Trinajstić information content (AvgIpc) is 2.54. The van der Waals surface area contributed by atoms with E-state index < -0.39 is 0 Å². The molecule has 0 atom stereocenters. The van der Waals surface area contributed by atoms with Gasteiger partial charge in [-0.05, 0) is 42.0 Å². The number of rotatable bonds is 3. The predicted molar refractivity (Wildman–Crippen MR) is 91.0 cm³/mol. The fraction of sp³-hybridized carbons (Fsp3) is 0.300. The molecule has 0 spiro atoms. The van der Waals surface area contributed by atoms with Crippen molar-refractivity contribution in [2.45, 2.75) is 38.0 Å². The van der Waals surface area contributed by atoms with Crippen LogP contribution in [0.5, 0.6) is 11.5 Å². The van der Waals surface area contributed by atoms with Gasteiger partial charge in [-0.25, -0.2) is 0 Å². The third kappa shape index (κ3) is 3.33. The van der Waals surface area contributed by atoms with Crippen molar-refractivity contribution in [3.63, 3.8) is 0 Å². The lowest BCUT2D eigenvalue weighted by Crippen LogP contribution is -2.05. The van der Waals surface area contributed by atoms with E-state index in [0.29, 0.717) is 5.92 Å². The van der Waals surface area contributed by atoms with E-state index in [-0.39, 0.29) is 11.5 Å². The molecule has 1 saturated carbocycles. The summed E-state index contributed by atoms with van der Waals surface area (Å²) in [5.41, 5.74) is 2.65. The van der Waals surface area contributed by atoms with Gasteiger partial charge in [-0.3, -0.25) is 0 Å². The molecule has 2 aromatic carbocycles. The zero-order chi connectivity index (χ0) is 15.4. The lowest BCUT2D eigenvalue weighted by Gasteiger charge is -2.23. The fourth-order valence-electron chi connectivity index (χ4n) is 3.31. The average molecular weight is 294 g/mol. The molecule has 1 aliphatic rings. The van der Waals surface area contributed by atoms with Crippen LogP contribution < -0.4 is 0 Å². The predicted octanol–water partition coefficient (Wildman–Crippen LogP) is 5.32. The van der Waals surface area contributed by atoms with E-state index in [4.69, 9.17) is 0 Å². The third-order valence-electron chi connectivity index (χ3n) is 4.44. The first-order chi connectivity index (χ1) is 10.7. The SMILES string of the molecule is Oc1cc(C=Cc2ccccc2)cc(O)c1C1CCCCC1. The normalized spacial score (nSPS) is 16.2. The standard InChI is InChI=1S/C20H22O2/c21-18-13-16(12-11-15-7-3-1-4-8-15)14-19(22)20(18)17-9-5-2-6-10-17/h1,3-4,7-8,11-14,17,21-22H,2,5-6,9-10H2. The van der Waals surface area contributed by atoms with E-state index in [1.807, 2.05) is 42.5 Å². The Morgan fingerprint density at radius 3 is 2.00 bits per heavy atom. The molecule has 0 bridgehead atoms.